The summed E-state index contributed by atoms with van der Waals surface area (Å²) in [4.78, 5) is 37.4. The number of ketones is 1. The maximum Gasteiger partial charge on any atom is 0.252 e. The van der Waals surface area contributed by atoms with E-state index in [-0.39, 0.29) is 12.2 Å². The fourth-order valence-corrected chi connectivity index (χ4v) is 6.83. The third-order valence-corrected chi connectivity index (χ3v) is 8.95. The first-order chi connectivity index (χ1) is 23.4. The van der Waals surface area contributed by atoms with E-state index in [0.29, 0.717) is 22.8 Å². The summed E-state index contributed by atoms with van der Waals surface area (Å²) in [6, 6.07) is 17.7. The highest BCUT2D eigenvalue weighted by molar-refractivity contribution is 6.20. The highest BCUT2D eigenvalue weighted by atomic mass is 16.5. The number of fused-ring (bicyclic) bond motifs is 8. The van der Waals surface area contributed by atoms with E-state index in [1.54, 1.807) is 11.6 Å². The molecule has 10 nitrogen and oxygen atoms in total. The summed E-state index contributed by atoms with van der Waals surface area (Å²) >= 11 is 0. The van der Waals surface area contributed by atoms with Gasteiger partial charge in [0.25, 0.3) is 5.78 Å². The molecule has 0 spiro atoms. The molecule has 5 aromatic rings. The molecule has 0 amide bonds. The Morgan fingerprint density at radius 1 is 0.917 bits per heavy atom. The number of allylic oxidation sites excluding steroid dienone is 5. The molecule has 0 aliphatic carbocycles. The van der Waals surface area contributed by atoms with Crippen molar-refractivity contribution in [3.63, 3.8) is 0 Å². The van der Waals surface area contributed by atoms with Gasteiger partial charge in [0.2, 0.25) is 0 Å². The zero-order valence-corrected chi connectivity index (χ0v) is 26.1. The number of benzene rings is 2. The van der Waals surface area contributed by atoms with Crippen LogP contribution in [-0.2, 0) is 0 Å². The van der Waals surface area contributed by atoms with Crippen LogP contribution in [-0.4, -0.2) is 54.4 Å². The monoisotopic (exact) mass is 628 g/mol. The van der Waals surface area contributed by atoms with Crippen LogP contribution in [0.15, 0.2) is 124 Å². The molecule has 1 atom stereocenters. The fraction of sp³-hybridized carbons (Fsp3) is 0.105. The molecule has 2 aromatic carbocycles. The third-order valence-electron chi connectivity index (χ3n) is 8.95. The number of hydrogen-bond acceptors (Lipinski definition) is 8. The Hall–Kier alpha value is -6.42. The molecule has 2 N–H and O–H groups in total. The van der Waals surface area contributed by atoms with Crippen molar-refractivity contribution in [2.45, 2.75) is 18.9 Å². The largest absolute Gasteiger partial charge is 0.495 e. The summed E-state index contributed by atoms with van der Waals surface area (Å²) in [5.74, 6) is 0.850. The Morgan fingerprint density at radius 2 is 1.69 bits per heavy atom. The molecule has 4 aliphatic heterocycles. The van der Waals surface area contributed by atoms with Gasteiger partial charge >= 0.3 is 0 Å². The van der Waals surface area contributed by atoms with Crippen molar-refractivity contribution in [1.82, 2.24) is 29.9 Å². The minimum absolute atomic E-state index is 0.153. The Bertz CT molecular complexity index is 2590. The van der Waals surface area contributed by atoms with Crippen LogP contribution in [0, 0.1) is 6.92 Å². The molecule has 1 unspecified atom stereocenters. The number of H-pyrrole nitrogens is 1. The molecular weight excluding hydrogens is 600 g/mol. The molecule has 232 valence electrons. The number of carbonyl (C=O) groups excluding carboxylic acids is 1. The fourth-order valence-electron chi connectivity index (χ4n) is 6.83. The van der Waals surface area contributed by atoms with Gasteiger partial charge in [-0.1, -0.05) is 30.3 Å². The lowest BCUT2D eigenvalue weighted by atomic mass is 9.83. The van der Waals surface area contributed by atoms with Crippen LogP contribution in [0.5, 0.6) is 5.75 Å². The van der Waals surface area contributed by atoms with Gasteiger partial charge in [-0.25, -0.2) is 15.0 Å². The number of nitrogens with zero attached hydrogens (tertiary/aromatic N) is 6. The Balaban J connectivity index is 1.31. The molecule has 7 heterocycles. The molecule has 0 radical (unpaired) electrons. The number of rotatable bonds is 4. The van der Waals surface area contributed by atoms with Gasteiger partial charge in [-0.3, -0.25) is 4.79 Å². The van der Waals surface area contributed by atoms with Gasteiger partial charge in [-0.2, -0.15) is 14.6 Å². The zero-order chi connectivity index (χ0) is 32.4. The second-order valence-corrected chi connectivity index (χ2v) is 12.2. The van der Waals surface area contributed by atoms with E-state index in [0.717, 1.165) is 61.2 Å². The predicted molar refractivity (Wildman–Crippen MR) is 186 cm³/mol. The summed E-state index contributed by atoms with van der Waals surface area (Å²) in [5.41, 5.74) is 5.37. The second kappa shape index (κ2) is 10.6. The summed E-state index contributed by atoms with van der Waals surface area (Å²) in [5, 5.41) is 11.9. The van der Waals surface area contributed by atoms with Gasteiger partial charge in [-0.05, 0) is 85.2 Å². The summed E-state index contributed by atoms with van der Waals surface area (Å²) in [7, 11) is 1.60. The highest BCUT2D eigenvalue weighted by Gasteiger charge is 2.45. The van der Waals surface area contributed by atoms with Crippen LogP contribution in [0.25, 0.3) is 34.3 Å². The quantitative estimate of drug-likeness (QED) is 0.286. The molecule has 4 aliphatic rings. The average Bonchev–Trinajstić information content (AvgIpc) is 3.93. The second-order valence-electron chi connectivity index (χ2n) is 12.2. The normalized spacial score (nSPS) is 19.5. The first-order valence-electron chi connectivity index (χ1n) is 15.6. The summed E-state index contributed by atoms with van der Waals surface area (Å²) < 4.78 is 7.66. The number of carbonyl (C=O) groups is 1. The Morgan fingerprint density at radius 3 is 2.50 bits per heavy atom. The van der Waals surface area contributed by atoms with Crippen LogP contribution in [0.3, 0.4) is 0 Å². The molecule has 10 heteroatoms. The van der Waals surface area contributed by atoms with Gasteiger partial charge in [0, 0.05) is 39.5 Å². The van der Waals surface area contributed by atoms with Crippen molar-refractivity contribution in [1.29, 1.82) is 0 Å². The summed E-state index contributed by atoms with van der Waals surface area (Å²) in [6.45, 7) is 1.93. The first-order valence-corrected chi connectivity index (χ1v) is 15.6. The van der Waals surface area contributed by atoms with Gasteiger partial charge in [-0.15, -0.1) is 0 Å². The van der Waals surface area contributed by atoms with Gasteiger partial charge in [0.15, 0.2) is 5.78 Å². The van der Waals surface area contributed by atoms with Gasteiger partial charge in [0.1, 0.15) is 17.6 Å². The predicted octanol–water partition coefficient (Wildman–Crippen LogP) is 4.31. The molecule has 0 saturated carbocycles. The van der Waals surface area contributed by atoms with Crippen LogP contribution in [0.1, 0.15) is 28.2 Å². The molecule has 48 heavy (non-hydrogen) atoms. The van der Waals surface area contributed by atoms with Crippen molar-refractivity contribution in [3.05, 3.63) is 142 Å². The molecule has 0 saturated heterocycles. The number of aromatic nitrogens is 5. The molecule has 8 bridgehead atoms. The standard InChI is InChI=1S/C38H28N8O2/c1-22-15-34(46-37(41-22)39-21-40-46)32-20-38(36(47)31-14-7-23-5-3-4-6-30(23)35(31)48-2)19-29-13-12-27(44-29)17-25-9-8-24(42-25)16-26-10-11-28(43-26)18-33(32)45-38/h3-19,21,42,45H,20H2,1-2H3. The number of aryl methyl sites for hydroxylation is 1. The van der Waals surface area contributed by atoms with Crippen molar-refractivity contribution in [2.75, 3.05) is 7.11 Å². The highest BCUT2D eigenvalue weighted by Crippen LogP contribution is 2.42. The smallest absolute Gasteiger partial charge is 0.252 e. The van der Waals surface area contributed by atoms with Crippen LogP contribution in [0.2, 0.25) is 0 Å². The lowest BCUT2D eigenvalue weighted by Crippen LogP contribution is -2.46. The molecule has 3 aromatic heterocycles. The average molecular weight is 629 g/mol. The first kappa shape index (κ1) is 27.9. The Labute approximate surface area is 274 Å². The minimum atomic E-state index is -1.25. The summed E-state index contributed by atoms with van der Waals surface area (Å²) in [6.07, 6.45) is 17.5. The van der Waals surface area contributed by atoms with Crippen LogP contribution < -0.4 is 20.8 Å². The number of hydrogen-bond donors (Lipinski definition) is 2. The number of Topliss-reactive ketones (excluding diaryl/α,β-unsaturated/α-hetero) is 1. The van der Waals surface area contributed by atoms with E-state index >= 15 is 4.79 Å². The lowest BCUT2D eigenvalue weighted by molar-refractivity contribution is 0.0906. The van der Waals surface area contributed by atoms with Crippen LogP contribution >= 0.6 is 0 Å². The zero-order valence-electron chi connectivity index (χ0n) is 26.1. The van der Waals surface area contributed by atoms with E-state index in [1.165, 1.54) is 6.33 Å². The van der Waals surface area contributed by atoms with E-state index in [2.05, 4.69) is 25.4 Å². The van der Waals surface area contributed by atoms with E-state index in [4.69, 9.17) is 14.7 Å². The Kier molecular flexibility index (Phi) is 6.13. The minimum Gasteiger partial charge on any atom is -0.495 e. The number of nitrogens with one attached hydrogen (secondary N) is 2. The molecular formula is C38H28N8O2. The van der Waals surface area contributed by atoms with Crippen molar-refractivity contribution >= 4 is 51.5 Å². The molecule has 9 rings (SSSR count). The number of methoxy groups -OCH3 is 1. The van der Waals surface area contributed by atoms with Crippen LogP contribution in [0.4, 0.5) is 0 Å². The van der Waals surface area contributed by atoms with E-state index < -0.39 is 5.54 Å². The third kappa shape index (κ3) is 4.57. The van der Waals surface area contributed by atoms with E-state index in [1.807, 2.05) is 110 Å². The topological polar surface area (TPSA) is 122 Å². The number of aliphatic imine (C=N–C) groups is 2. The van der Waals surface area contributed by atoms with Crippen molar-refractivity contribution in [3.8, 4) is 5.75 Å². The molecule has 0 fully saturated rings. The van der Waals surface area contributed by atoms with Crippen molar-refractivity contribution in [2.24, 2.45) is 9.98 Å². The number of aromatic amines is 1. The lowest BCUT2D eigenvalue weighted by Gasteiger charge is -2.28. The number of ether oxygens (including phenoxy) is 1. The van der Waals surface area contributed by atoms with Crippen molar-refractivity contribution < 1.29 is 9.53 Å². The van der Waals surface area contributed by atoms with E-state index in [9.17, 15) is 0 Å². The maximum absolute atomic E-state index is 15.2. The van der Waals surface area contributed by atoms with Gasteiger partial charge in [0.05, 0.1) is 41.2 Å². The van der Waals surface area contributed by atoms with Gasteiger partial charge < -0.3 is 15.0 Å². The SMILES string of the molecule is COc1c(C(=O)C23C=C4C=CC(=N4)C=c4ccc([nH]4)=CC4=NC(=CC(=C(c5cc(C)nc6ncnn56)C2)N3)C=C4)ccc2ccccc12. The maximum atomic E-state index is 15.2.